The highest BCUT2D eigenvalue weighted by Gasteiger charge is 2.13. The quantitative estimate of drug-likeness (QED) is 0.790. The molecule has 0 spiro atoms. The molecule has 1 N–H and O–H groups in total. The van der Waals surface area contributed by atoms with Crippen LogP contribution in [0.1, 0.15) is 11.5 Å². The summed E-state index contributed by atoms with van der Waals surface area (Å²) < 4.78 is 5.41. The second kappa shape index (κ2) is 6.53. The van der Waals surface area contributed by atoms with Crippen molar-refractivity contribution in [2.45, 2.75) is 13.3 Å². The molecule has 116 valence electrons. The molecule has 0 aliphatic rings. The van der Waals surface area contributed by atoms with Crippen LogP contribution in [0.2, 0.25) is 5.02 Å². The van der Waals surface area contributed by atoms with Gasteiger partial charge in [0.05, 0.1) is 6.20 Å². The Kier molecular flexibility index (Phi) is 4.29. The zero-order chi connectivity index (χ0) is 16.2. The third-order valence-electron chi connectivity index (χ3n) is 3.02. The van der Waals surface area contributed by atoms with Crippen LogP contribution in [0.15, 0.2) is 41.2 Å². The first-order valence-corrected chi connectivity index (χ1v) is 7.14. The monoisotopic (exact) mass is 329 g/mol. The van der Waals surface area contributed by atoms with Crippen molar-refractivity contribution in [3.8, 4) is 11.6 Å². The fraction of sp³-hybridized carbons (Fsp3) is 0.133. The summed E-state index contributed by atoms with van der Waals surface area (Å²) in [5.41, 5.74) is 2.01. The molecular weight excluding hydrogens is 318 g/mol. The fourth-order valence-corrected chi connectivity index (χ4v) is 2.03. The normalized spacial score (nSPS) is 10.5. The van der Waals surface area contributed by atoms with Crippen LogP contribution in [0.5, 0.6) is 0 Å². The molecule has 0 unspecified atom stereocenters. The molecule has 0 saturated heterocycles. The van der Waals surface area contributed by atoms with E-state index in [1.54, 1.807) is 18.3 Å². The predicted octanol–water partition coefficient (Wildman–Crippen LogP) is 2.67. The van der Waals surface area contributed by atoms with Gasteiger partial charge in [0.2, 0.25) is 11.8 Å². The number of carbonyl (C=O) groups is 1. The van der Waals surface area contributed by atoms with Gasteiger partial charge in [0.1, 0.15) is 12.1 Å². The molecule has 1 aromatic carbocycles. The van der Waals surface area contributed by atoms with Crippen LogP contribution < -0.4 is 5.32 Å². The number of halogens is 1. The summed E-state index contributed by atoms with van der Waals surface area (Å²) in [7, 11) is 0. The van der Waals surface area contributed by atoms with Gasteiger partial charge in [-0.1, -0.05) is 17.7 Å². The van der Waals surface area contributed by atoms with Gasteiger partial charge < -0.3 is 9.73 Å². The average Bonchev–Trinajstić information content (AvgIpc) is 3.00. The Hall–Kier alpha value is -2.80. The lowest BCUT2D eigenvalue weighted by atomic mass is 10.2. The molecule has 3 aromatic rings. The van der Waals surface area contributed by atoms with Gasteiger partial charge in [0.25, 0.3) is 5.89 Å². The highest BCUT2D eigenvalue weighted by atomic mass is 35.5. The maximum absolute atomic E-state index is 12.0. The number of amides is 1. The molecule has 0 saturated carbocycles. The summed E-state index contributed by atoms with van der Waals surface area (Å²) in [6, 6.07) is 5.29. The van der Waals surface area contributed by atoms with Crippen LogP contribution in [0, 0.1) is 6.92 Å². The van der Waals surface area contributed by atoms with Gasteiger partial charge in [0.15, 0.2) is 0 Å². The summed E-state index contributed by atoms with van der Waals surface area (Å²) in [5, 5.41) is 11.0. The number of carbonyl (C=O) groups excluding carboxylic acids is 1. The number of nitrogens with one attached hydrogen (secondary N) is 1. The Balaban J connectivity index is 1.66. The molecule has 0 aliphatic heterocycles. The third-order valence-corrected chi connectivity index (χ3v) is 3.42. The molecule has 0 atom stereocenters. The van der Waals surface area contributed by atoms with Gasteiger partial charge in [-0.3, -0.25) is 9.78 Å². The molecule has 0 radical (unpaired) electrons. The van der Waals surface area contributed by atoms with Gasteiger partial charge >= 0.3 is 0 Å². The average molecular weight is 330 g/mol. The van der Waals surface area contributed by atoms with Crippen molar-refractivity contribution in [2.24, 2.45) is 0 Å². The minimum atomic E-state index is -0.278. The summed E-state index contributed by atoms with van der Waals surface area (Å²) in [6.07, 6.45) is 4.53. The van der Waals surface area contributed by atoms with E-state index in [-0.39, 0.29) is 24.1 Å². The summed E-state index contributed by atoms with van der Waals surface area (Å²) >= 11 is 6.02. The number of benzene rings is 1. The lowest BCUT2D eigenvalue weighted by Crippen LogP contribution is -2.14. The molecule has 7 nitrogen and oxygen atoms in total. The van der Waals surface area contributed by atoms with Gasteiger partial charge in [-0.25, -0.2) is 4.98 Å². The van der Waals surface area contributed by atoms with E-state index in [0.29, 0.717) is 16.4 Å². The molecule has 8 heteroatoms. The van der Waals surface area contributed by atoms with Crippen molar-refractivity contribution in [1.29, 1.82) is 0 Å². The van der Waals surface area contributed by atoms with E-state index >= 15 is 0 Å². The van der Waals surface area contributed by atoms with Crippen LogP contribution in [0.25, 0.3) is 11.6 Å². The third kappa shape index (κ3) is 3.70. The number of aryl methyl sites for hydroxylation is 1. The number of aromatic nitrogens is 4. The standard InChI is InChI=1S/C15H12ClN5O2/c1-9-2-3-10(6-11(9)16)19-13(22)7-14-20-21-15(23-14)12-8-17-4-5-18-12/h2-6,8H,7H2,1H3,(H,19,22). The van der Waals surface area contributed by atoms with E-state index in [0.717, 1.165) is 5.56 Å². The van der Waals surface area contributed by atoms with Crippen LogP contribution in [-0.4, -0.2) is 26.1 Å². The number of hydrogen-bond donors (Lipinski definition) is 1. The highest BCUT2D eigenvalue weighted by molar-refractivity contribution is 6.31. The summed E-state index contributed by atoms with van der Waals surface area (Å²) in [6.45, 7) is 1.89. The van der Waals surface area contributed by atoms with Crippen molar-refractivity contribution in [3.63, 3.8) is 0 Å². The Labute approximate surface area is 136 Å². The topological polar surface area (TPSA) is 93.8 Å². The first-order valence-electron chi connectivity index (χ1n) is 6.76. The largest absolute Gasteiger partial charge is 0.419 e. The Bertz CT molecular complexity index is 835. The summed E-state index contributed by atoms with van der Waals surface area (Å²) in [5.74, 6) is 0.139. The van der Waals surface area contributed by atoms with E-state index in [2.05, 4.69) is 25.5 Å². The first kappa shape index (κ1) is 15.1. The highest BCUT2D eigenvalue weighted by Crippen LogP contribution is 2.20. The maximum Gasteiger partial charge on any atom is 0.267 e. The Morgan fingerprint density at radius 2 is 2.17 bits per heavy atom. The minimum absolute atomic E-state index is 0.0429. The van der Waals surface area contributed by atoms with Crippen LogP contribution in [0.3, 0.4) is 0 Å². The Morgan fingerprint density at radius 3 is 2.91 bits per heavy atom. The van der Waals surface area contributed by atoms with Crippen molar-refractivity contribution in [1.82, 2.24) is 20.2 Å². The molecule has 2 heterocycles. The molecule has 1 amide bonds. The zero-order valence-corrected chi connectivity index (χ0v) is 12.9. The molecule has 3 rings (SSSR count). The second-order valence-electron chi connectivity index (χ2n) is 4.78. The van der Waals surface area contributed by atoms with Gasteiger partial charge in [-0.15, -0.1) is 10.2 Å². The molecular formula is C15H12ClN5O2. The minimum Gasteiger partial charge on any atom is -0.419 e. The van der Waals surface area contributed by atoms with Gasteiger partial charge in [-0.2, -0.15) is 0 Å². The van der Waals surface area contributed by atoms with Gasteiger partial charge in [0, 0.05) is 23.1 Å². The van der Waals surface area contributed by atoms with Crippen molar-refractivity contribution < 1.29 is 9.21 Å². The SMILES string of the molecule is Cc1ccc(NC(=O)Cc2nnc(-c3cnccn3)o2)cc1Cl. The number of nitrogens with zero attached hydrogens (tertiary/aromatic N) is 4. The van der Waals surface area contributed by atoms with E-state index in [4.69, 9.17) is 16.0 Å². The van der Waals surface area contributed by atoms with Gasteiger partial charge in [-0.05, 0) is 24.6 Å². The smallest absolute Gasteiger partial charge is 0.267 e. The van der Waals surface area contributed by atoms with E-state index in [1.165, 1.54) is 12.4 Å². The van der Waals surface area contributed by atoms with E-state index < -0.39 is 0 Å². The van der Waals surface area contributed by atoms with Crippen LogP contribution in [0.4, 0.5) is 5.69 Å². The molecule has 2 aromatic heterocycles. The van der Waals surface area contributed by atoms with Crippen LogP contribution >= 0.6 is 11.6 Å². The van der Waals surface area contributed by atoms with E-state index in [1.807, 2.05) is 13.0 Å². The van der Waals surface area contributed by atoms with Crippen molar-refractivity contribution in [2.75, 3.05) is 5.32 Å². The lowest BCUT2D eigenvalue weighted by molar-refractivity contribution is -0.115. The maximum atomic E-state index is 12.0. The Morgan fingerprint density at radius 1 is 1.30 bits per heavy atom. The van der Waals surface area contributed by atoms with E-state index in [9.17, 15) is 4.79 Å². The number of rotatable bonds is 4. The van der Waals surface area contributed by atoms with Crippen molar-refractivity contribution in [3.05, 3.63) is 53.3 Å². The number of hydrogen-bond acceptors (Lipinski definition) is 6. The number of anilines is 1. The first-order chi connectivity index (χ1) is 11.1. The van der Waals surface area contributed by atoms with Crippen LogP contribution in [-0.2, 0) is 11.2 Å². The van der Waals surface area contributed by atoms with Crippen molar-refractivity contribution >= 4 is 23.2 Å². The molecule has 23 heavy (non-hydrogen) atoms. The predicted molar refractivity (Wildman–Crippen MR) is 83.8 cm³/mol. The second-order valence-corrected chi connectivity index (χ2v) is 5.19. The lowest BCUT2D eigenvalue weighted by Gasteiger charge is -2.05. The fourth-order valence-electron chi connectivity index (χ4n) is 1.85. The molecule has 0 aliphatic carbocycles. The molecule has 0 bridgehead atoms. The summed E-state index contributed by atoms with van der Waals surface area (Å²) in [4.78, 5) is 20.0. The molecule has 0 fully saturated rings. The zero-order valence-electron chi connectivity index (χ0n) is 12.2.